The largest absolute Gasteiger partial charge is 0.497 e. The molecule has 4 heteroatoms. The lowest BCUT2D eigenvalue weighted by Crippen LogP contribution is -2.47. The minimum absolute atomic E-state index is 0.438. The molecule has 104 valence electrons. The van der Waals surface area contributed by atoms with E-state index >= 15 is 0 Å². The molecule has 0 saturated carbocycles. The zero-order chi connectivity index (χ0) is 13.1. The van der Waals surface area contributed by atoms with Gasteiger partial charge in [-0.15, -0.1) is 0 Å². The molecule has 1 unspecified atom stereocenters. The average Bonchev–Trinajstić information content (AvgIpc) is 2.48. The maximum absolute atomic E-state index is 5.39. The Morgan fingerprint density at radius 2 is 2.16 bits per heavy atom. The number of morpholine rings is 1. The lowest BCUT2D eigenvalue weighted by atomic mass is 9.88. The normalized spacial score (nSPS) is 23.9. The van der Waals surface area contributed by atoms with Crippen molar-refractivity contribution in [1.29, 1.82) is 0 Å². The van der Waals surface area contributed by atoms with Crippen molar-refractivity contribution in [2.45, 2.75) is 25.3 Å². The summed E-state index contributed by atoms with van der Waals surface area (Å²) in [4.78, 5) is 0. The van der Waals surface area contributed by atoms with Crippen molar-refractivity contribution in [2.24, 2.45) is 0 Å². The fraction of sp³-hybridized carbons (Fsp3) is 0.600. The van der Waals surface area contributed by atoms with Crippen molar-refractivity contribution in [1.82, 2.24) is 10.4 Å². The van der Waals surface area contributed by atoms with Crippen LogP contribution in [0.25, 0.3) is 0 Å². The van der Waals surface area contributed by atoms with E-state index < -0.39 is 0 Å². The molecule has 19 heavy (non-hydrogen) atoms. The molecule has 1 N–H and O–H groups in total. The Bertz CT molecular complexity index is 430. The molecule has 2 aliphatic rings. The van der Waals surface area contributed by atoms with Crippen molar-refractivity contribution in [2.75, 3.05) is 33.4 Å². The van der Waals surface area contributed by atoms with Crippen LogP contribution in [0.3, 0.4) is 0 Å². The maximum atomic E-state index is 5.39. The van der Waals surface area contributed by atoms with E-state index in [1.165, 1.54) is 24.0 Å². The Labute approximate surface area is 114 Å². The molecule has 1 aliphatic carbocycles. The highest BCUT2D eigenvalue weighted by Gasteiger charge is 2.23. The Hall–Kier alpha value is -1.10. The summed E-state index contributed by atoms with van der Waals surface area (Å²) >= 11 is 0. The van der Waals surface area contributed by atoms with Gasteiger partial charge in [-0.3, -0.25) is 0 Å². The molecule has 1 aliphatic heterocycles. The fourth-order valence-corrected chi connectivity index (χ4v) is 2.96. The van der Waals surface area contributed by atoms with Gasteiger partial charge < -0.3 is 9.47 Å². The number of aryl methyl sites for hydroxylation is 1. The average molecular weight is 262 g/mol. The van der Waals surface area contributed by atoms with Gasteiger partial charge in [0, 0.05) is 19.1 Å². The van der Waals surface area contributed by atoms with Crippen molar-refractivity contribution >= 4 is 0 Å². The standard InChI is InChI=1S/C15H22N2O2/c1-18-13-5-6-14-12(11-13)3-2-4-15(14)16-17-7-9-19-10-8-17/h5-6,11,15-16H,2-4,7-10H2,1H3. The smallest absolute Gasteiger partial charge is 0.119 e. The summed E-state index contributed by atoms with van der Waals surface area (Å²) in [6.07, 6.45) is 3.60. The maximum Gasteiger partial charge on any atom is 0.119 e. The van der Waals surface area contributed by atoms with Crippen LogP contribution in [0.5, 0.6) is 5.75 Å². The van der Waals surface area contributed by atoms with Crippen LogP contribution in [0.15, 0.2) is 18.2 Å². The molecule has 0 spiro atoms. The quantitative estimate of drug-likeness (QED) is 0.902. The Balaban J connectivity index is 1.74. The van der Waals surface area contributed by atoms with Gasteiger partial charge >= 0.3 is 0 Å². The topological polar surface area (TPSA) is 33.7 Å². The number of ether oxygens (including phenoxy) is 2. The van der Waals surface area contributed by atoms with Gasteiger partial charge in [0.25, 0.3) is 0 Å². The van der Waals surface area contributed by atoms with Crippen LogP contribution in [-0.4, -0.2) is 38.4 Å². The highest BCUT2D eigenvalue weighted by molar-refractivity contribution is 5.39. The SMILES string of the molecule is COc1ccc2c(c1)CCCC2NN1CCOCC1. The third-order valence-electron chi connectivity index (χ3n) is 4.01. The van der Waals surface area contributed by atoms with Crippen LogP contribution in [0.1, 0.15) is 30.0 Å². The first-order chi connectivity index (χ1) is 9.36. The molecule has 0 bridgehead atoms. The van der Waals surface area contributed by atoms with Crippen LogP contribution in [0.2, 0.25) is 0 Å². The minimum atomic E-state index is 0.438. The van der Waals surface area contributed by atoms with Crippen LogP contribution in [0, 0.1) is 0 Å². The second-order valence-electron chi connectivity index (χ2n) is 5.24. The van der Waals surface area contributed by atoms with Gasteiger partial charge in [-0.05, 0) is 42.5 Å². The van der Waals surface area contributed by atoms with E-state index in [2.05, 4.69) is 28.6 Å². The zero-order valence-corrected chi connectivity index (χ0v) is 11.5. The molecule has 0 aromatic heterocycles. The molecule has 1 heterocycles. The van der Waals surface area contributed by atoms with E-state index in [1.807, 2.05) is 0 Å². The highest BCUT2D eigenvalue weighted by Crippen LogP contribution is 2.32. The molecule has 0 amide bonds. The van der Waals surface area contributed by atoms with E-state index in [-0.39, 0.29) is 0 Å². The molecule has 0 radical (unpaired) electrons. The molecule has 1 atom stereocenters. The summed E-state index contributed by atoms with van der Waals surface area (Å²) in [5.41, 5.74) is 6.52. The lowest BCUT2D eigenvalue weighted by molar-refractivity contribution is 0.00187. The van der Waals surface area contributed by atoms with Crippen molar-refractivity contribution in [3.8, 4) is 5.75 Å². The van der Waals surface area contributed by atoms with Gasteiger partial charge in [0.05, 0.1) is 20.3 Å². The highest BCUT2D eigenvalue weighted by atomic mass is 16.5. The van der Waals surface area contributed by atoms with Crippen LogP contribution in [-0.2, 0) is 11.2 Å². The molecule has 4 nitrogen and oxygen atoms in total. The van der Waals surface area contributed by atoms with Gasteiger partial charge in [-0.2, -0.15) is 0 Å². The molecular formula is C15H22N2O2. The lowest BCUT2D eigenvalue weighted by Gasteiger charge is -2.34. The molecule has 1 aromatic rings. The van der Waals surface area contributed by atoms with Crippen LogP contribution >= 0.6 is 0 Å². The molecular weight excluding hydrogens is 240 g/mol. The number of hydrazine groups is 1. The summed E-state index contributed by atoms with van der Waals surface area (Å²) in [6, 6.07) is 6.90. The van der Waals surface area contributed by atoms with Gasteiger partial charge in [0.2, 0.25) is 0 Å². The summed E-state index contributed by atoms with van der Waals surface area (Å²) in [6.45, 7) is 3.61. The van der Waals surface area contributed by atoms with E-state index in [0.717, 1.165) is 38.5 Å². The second-order valence-corrected chi connectivity index (χ2v) is 5.24. The van der Waals surface area contributed by atoms with Gasteiger partial charge in [-0.25, -0.2) is 10.4 Å². The second kappa shape index (κ2) is 5.90. The predicted molar refractivity (Wildman–Crippen MR) is 74.2 cm³/mol. The van der Waals surface area contributed by atoms with Gasteiger partial charge in [-0.1, -0.05) is 6.07 Å². The number of rotatable bonds is 3. The summed E-state index contributed by atoms with van der Waals surface area (Å²) in [5, 5.41) is 2.30. The first kappa shape index (κ1) is 12.9. The third kappa shape index (κ3) is 2.91. The zero-order valence-electron chi connectivity index (χ0n) is 11.5. The molecule has 1 aromatic carbocycles. The summed E-state index contributed by atoms with van der Waals surface area (Å²) < 4.78 is 10.7. The number of hydrogen-bond acceptors (Lipinski definition) is 4. The van der Waals surface area contributed by atoms with E-state index in [4.69, 9.17) is 9.47 Å². The number of hydrogen-bond donors (Lipinski definition) is 1. The first-order valence-electron chi connectivity index (χ1n) is 7.12. The van der Waals surface area contributed by atoms with Gasteiger partial charge in [0.1, 0.15) is 5.75 Å². The molecule has 1 saturated heterocycles. The monoisotopic (exact) mass is 262 g/mol. The van der Waals surface area contributed by atoms with Crippen molar-refractivity contribution in [3.63, 3.8) is 0 Å². The molecule has 1 fully saturated rings. The Morgan fingerprint density at radius 1 is 1.32 bits per heavy atom. The Morgan fingerprint density at radius 3 is 2.95 bits per heavy atom. The summed E-state index contributed by atoms with van der Waals surface area (Å²) in [7, 11) is 1.73. The van der Waals surface area contributed by atoms with Crippen LogP contribution < -0.4 is 10.2 Å². The summed E-state index contributed by atoms with van der Waals surface area (Å²) in [5.74, 6) is 0.964. The predicted octanol–water partition coefficient (Wildman–Crippen LogP) is 1.91. The van der Waals surface area contributed by atoms with Crippen LogP contribution in [0.4, 0.5) is 0 Å². The van der Waals surface area contributed by atoms with Crippen molar-refractivity contribution < 1.29 is 9.47 Å². The number of benzene rings is 1. The number of nitrogens with zero attached hydrogens (tertiary/aromatic N) is 1. The van der Waals surface area contributed by atoms with E-state index in [9.17, 15) is 0 Å². The third-order valence-corrected chi connectivity index (χ3v) is 4.01. The van der Waals surface area contributed by atoms with Gasteiger partial charge in [0.15, 0.2) is 0 Å². The fourth-order valence-electron chi connectivity index (χ4n) is 2.96. The Kier molecular flexibility index (Phi) is 4.01. The number of nitrogens with one attached hydrogen (secondary N) is 1. The van der Waals surface area contributed by atoms with E-state index in [1.54, 1.807) is 7.11 Å². The number of fused-ring (bicyclic) bond motifs is 1. The molecule has 3 rings (SSSR count). The number of methoxy groups -OCH3 is 1. The van der Waals surface area contributed by atoms with E-state index in [0.29, 0.717) is 6.04 Å². The van der Waals surface area contributed by atoms with Crippen molar-refractivity contribution in [3.05, 3.63) is 29.3 Å². The minimum Gasteiger partial charge on any atom is -0.497 e. The first-order valence-corrected chi connectivity index (χ1v) is 7.12.